The van der Waals surface area contributed by atoms with Crippen LogP contribution in [0.2, 0.25) is 0 Å². The Morgan fingerprint density at radius 2 is 1.88 bits per heavy atom. The van der Waals surface area contributed by atoms with Crippen LogP contribution in [0.5, 0.6) is 0 Å². The molecule has 3 aromatic rings. The van der Waals surface area contributed by atoms with Gasteiger partial charge in [0.15, 0.2) is 0 Å². The topological polar surface area (TPSA) is 79.3 Å². The fourth-order valence-corrected chi connectivity index (χ4v) is 4.56. The zero-order valence-corrected chi connectivity index (χ0v) is 18.4. The lowest BCUT2D eigenvalue weighted by Gasteiger charge is -2.32. The van der Waals surface area contributed by atoms with Crippen LogP contribution in [0.1, 0.15) is 51.8 Å². The quantitative estimate of drug-likeness (QED) is 0.615. The number of carbonyl (C=O) groups excluding carboxylic acids is 2. The number of benzene rings is 1. The molecule has 168 valence electrons. The summed E-state index contributed by atoms with van der Waals surface area (Å²) in [6.45, 7) is 3.46. The van der Waals surface area contributed by atoms with Crippen molar-refractivity contribution in [1.82, 2.24) is 19.9 Å². The summed E-state index contributed by atoms with van der Waals surface area (Å²) in [5.41, 5.74) is 3.09. The maximum absolute atomic E-state index is 13.3. The first kappa shape index (κ1) is 21.2. The number of hydrogen-bond acceptors (Lipinski definition) is 5. The van der Waals surface area contributed by atoms with E-state index in [9.17, 15) is 14.0 Å². The highest BCUT2D eigenvalue weighted by Gasteiger charge is 2.34. The van der Waals surface area contributed by atoms with Crippen molar-refractivity contribution >= 4 is 17.6 Å². The number of amides is 2. The van der Waals surface area contributed by atoms with Crippen LogP contribution in [-0.4, -0.2) is 44.8 Å². The Morgan fingerprint density at radius 1 is 1.12 bits per heavy atom. The molecule has 0 aliphatic carbocycles. The second-order valence-corrected chi connectivity index (χ2v) is 8.58. The average molecular weight is 445 g/mol. The van der Waals surface area contributed by atoms with Crippen LogP contribution in [0, 0.1) is 12.7 Å². The van der Waals surface area contributed by atoms with Gasteiger partial charge in [0.1, 0.15) is 17.5 Å². The van der Waals surface area contributed by atoms with E-state index in [1.54, 1.807) is 41.6 Å². The minimum absolute atomic E-state index is 0.00286. The molecule has 1 atom stereocenters. The summed E-state index contributed by atoms with van der Waals surface area (Å²) in [5.74, 6) is 0.921. The zero-order chi connectivity index (χ0) is 22.9. The zero-order valence-electron chi connectivity index (χ0n) is 18.4. The number of aromatic nitrogens is 3. The predicted molar refractivity (Wildman–Crippen MR) is 120 cm³/mol. The third-order valence-electron chi connectivity index (χ3n) is 6.35. The highest BCUT2D eigenvalue weighted by molar-refractivity contribution is 6.00. The molecule has 8 heteroatoms. The van der Waals surface area contributed by atoms with Crippen molar-refractivity contribution < 1.29 is 14.0 Å². The van der Waals surface area contributed by atoms with Crippen molar-refractivity contribution in [2.75, 3.05) is 18.0 Å². The Bertz CT molecular complexity index is 1200. The first-order valence-electron chi connectivity index (χ1n) is 11.1. The van der Waals surface area contributed by atoms with Crippen LogP contribution in [0.25, 0.3) is 0 Å². The molecule has 5 rings (SSSR count). The third-order valence-corrected chi connectivity index (χ3v) is 6.35. The monoisotopic (exact) mass is 445 g/mol. The second-order valence-electron chi connectivity index (χ2n) is 8.58. The first-order chi connectivity index (χ1) is 16.0. The van der Waals surface area contributed by atoms with Crippen LogP contribution < -0.4 is 4.90 Å². The van der Waals surface area contributed by atoms with E-state index in [1.807, 2.05) is 11.8 Å². The number of likely N-dealkylation sites (tertiary alicyclic amines) is 1. The van der Waals surface area contributed by atoms with Gasteiger partial charge in [-0.2, -0.15) is 0 Å². The van der Waals surface area contributed by atoms with Gasteiger partial charge < -0.3 is 4.90 Å². The molecule has 0 N–H and O–H groups in total. The lowest BCUT2D eigenvalue weighted by Crippen LogP contribution is -2.39. The van der Waals surface area contributed by atoms with Crippen molar-refractivity contribution in [1.29, 1.82) is 0 Å². The smallest absolute Gasteiger partial charge is 0.253 e. The third kappa shape index (κ3) is 4.20. The molecule has 1 fully saturated rings. The Hall–Kier alpha value is -3.68. The number of hydrogen-bond donors (Lipinski definition) is 0. The summed E-state index contributed by atoms with van der Waals surface area (Å²) in [5, 5.41) is 0. The number of nitrogens with zero attached hydrogens (tertiary/aromatic N) is 5. The fourth-order valence-electron chi connectivity index (χ4n) is 4.56. The highest BCUT2D eigenvalue weighted by Crippen LogP contribution is 2.33. The van der Waals surface area contributed by atoms with Gasteiger partial charge in [0, 0.05) is 48.2 Å². The van der Waals surface area contributed by atoms with E-state index in [1.165, 1.54) is 12.1 Å². The molecule has 1 aromatic carbocycles. The van der Waals surface area contributed by atoms with E-state index in [0.29, 0.717) is 36.8 Å². The molecule has 0 bridgehead atoms. The average Bonchev–Trinajstić information content (AvgIpc) is 3.16. The Kier molecular flexibility index (Phi) is 5.58. The van der Waals surface area contributed by atoms with Gasteiger partial charge in [0.05, 0.1) is 13.0 Å². The van der Waals surface area contributed by atoms with Crippen LogP contribution in [-0.2, 0) is 17.8 Å². The van der Waals surface area contributed by atoms with E-state index in [0.717, 1.165) is 29.7 Å². The molecule has 1 unspecified atom stereocenters. The van der Waals surface area contributed by atoms with Crippen LogP contribution >= 0.6 is 0 Å². The maximum atomic E-state index is 13.3. The van der Waals surface area contributed by atoms with E-state index < -0.39 is 0 Å². The number of anilines is 1. The summed E-state index contributed by atoms with van der Waals surface area (Å²) in [6.07, 6.45) is 5.24. The second kappa shape index (κ2) is 8.69. The van der Waals surface area contributed by atoms with Gasteiger partial charge in [0.25, 0.3) is 5.91 Å². The molecule has 2 aliphatic rings. The maximum Gasteiger partial charge on any atom is 0.253 e. The van der Waals surface area contributed by atoms with Crippen LogP contribution in [0.15, 0.2) is 48.8 Å². The van der Waals surface area contributed by atoms with E-state index >= 15 is 0 Å². The molecular formula is C25H24FN5O2. The number of carbonyl (C=O) groups is 2. The van der Waals surface area contributed by atoms with Gasteiger partial charge in [-0.3, -0.25) is 19.5 Å². The normalized spacial score (nSPS) is 17.9. The van der Waals surface area contributed by atoms with E-state index in [2.05, 4.69) is 4.98 Å². The Balaban J connectivity index is 1.40. The molecule has 1 saturated heterocycles. The van der Waals surface area contributed by atoms with Gasteiger partial charge in [-0.1, -0.05) is 12.1 Å². The summed E-state index contributed by atoms with van der Waals surface area (Å²) in [4.78, 5) is 42.7. The minimum Gasteiger partial charge on any atom is -0.338 e. The lowest BCUT2D eigenvalue weighted by molar-refractivity contribution is -0.117. The van der Waals surface area contributed by atoms with Crippen molar-refractivity contribution in [2.45, 2.75) is 38.6 Å². The van der Waals surface area contributed by atoms with Gasteiger partial charge >= 0.3 is 0 Å². The Morgan fingerprint density at radius 3 is 2.64 bits per heavy atom. The fraction of sp³-hybridized carbons (Fsp3) is 0.320. The van der Waals surface area contributed by atoms with Gasteiger partial charge in [-0.25, -0.2) is 14.4 Å². The Labute approximate surface area is 191 Å². The summed E-state index contributed by atoms with van der Waals surface area (Å²) < 4.78 is 13.3. The SMILES string of the molecule is Cc1nc(C2CCCN(C(=O)c3ccncc3)C2)nc2c1CC(=O)N2Cc1ccc(F)cc1. The molecule has 2 amide bonds. The van der Waals surface area contributed by atoms with Crippen LogP contribution in [0.3, 0.4) is 0 Å². The molecule has 0 saturated carbocycles. The molecule has 0 radical (unpaired) electrons. The number of fused-ring (bicyclic) bond motifs is 1. The van der Waals surface area contributed by atoms with Crippen LogP contribution in [0.4, 0.5) is 10.2 Å². The molecular weight excluding hydrogens is 421 g/mol. The van der Waals surface area contributed by atoms with Crippen molar-refractivity contribution in [3.63, 3.8) is 0 Å². The van der Waals surface area contributed by atoms with Gasteiger partial charge in [-0.05, 0) is 49.6 Å². The number of aryl methyl sites for hydroxylation is 1. The summed E-state index contributed by atoms with van der Waals surface area (Å²) in [6, 6.07) is 9.59. The largest absolute Gasteiger partial charge is 0.338 e. The lowest BCUT2D eigenvalue weighted by atomic mass is 9.96. The number of rotatable bonds is 4. The van der Waals surface area contributed by atoms with E-state index in [4.69, 9.17) is 9.97 Å². The number of pyridine rings is 1. The molecule has 2 aliphatic heterocycles. The van der Waals surface area contributed by atoms with Gasteiger partial charge in [-0.15, -0.1) is 0 Å². The molecule has 4 heterocycles. The molecule has 2 aromatic heterocycles. The van der Waals surface area contributed by atoms with Crippen molar-refractivity contribution in [3.05, 3.63) is 82.8 Å². The summed E-state index contributed by atoms with van der Waals surface area (Å²) >= 11 is 0. The van der Waals surface area contributed by atoms with E-state index in [-0.39, 0.29) is 30.0 Å². The molecule has 7 nitrogen and oxygen atoms in total. The predicted octanol–water partition coefficient (Wildman–Crippen LogP) is 3.43. The van der Waals surface area contributed by atoms with Crippen molar-refractivity contribution in [3.8, 4) is 0 Å². The molecule has 33 heavy (non-hydrogen) atoms. The van der Waals surface area contributed by atoms with Gasteiger partial charge in [0.2, 0.25) is 5.91 Å². The summed E-state index contributed by atoms with van der Waals surface area (Å²) in [7, 11) is 0. The standard InChI is InChI=1S/C25H24FN5O2/c1-16-21-13-22(32)31(14-17-4-6-20(26)7-5-17)24(21)29-23(28-16)19-3-2-12-30(15-19)25(33)18-8-10-27-11-9-18/h4-11,19H,2-3,12-15H2,1H3. The first-order valence-corrected chi connectivity index (χ1v) is 11.1. The molecule has 0 spiro atoms. The highest BCUT2D eigenvalue weighted by atomic mass is 19.1. The number of halogens is 1. The minimum atomic E-state index is -0.310. The number of piperidine rings is 1. The van der Waals surface area contributed by atoms with Crippen molar-refractivity contribution in [2.24, 2.45) is 0 Å².